The van der Waals surface area contributed by atoms with E-state index in [-0.39, 0.29) is 25.4 Å². The fourth-order valence-electron chi connectivity index (χ4n) is 1.94. The number of carbonyl (C=O) groups excluding carboxylic acids is 3. The van der Waals surface area contributed by atoms with E-state index >= 15 is 0 Å². The normalized spacial score (nSPS) is 11.8. The van der Waals surface area contributed by atoms with Gasteiger partial charge < -0.3 is 15.5 Å². The summed E-state index contributed by atoms with van der Waals surface area (Å²) in [4.78, 5) is 44.2. The van der Waals surface area contributed by atoms with E-state index in [4.69, 9.17) is 5.26 Å². The molecule has 1 heterocycles. The van der Waals surface area contributed by atoms with Gasteiger partial charge in [-0.25, -0.2) is 14.6 Å². The van der Waals surface area contributed by atoms with E-state index in [1.54, 1.807) is 7.05 Å². The van der Waals surface area contributed by atoms with E-state index in [9.17, 15) is 14.4 Å². The van der Waals surface area contributed by atoms with Crippen LogP contribution in [-0.2, 0) is 21.0 Å². The molecule has 0 saturated carbocycles. The van der Waals surface area contributed by atoms with Crippen LogP contribution in [-0.4, -0.2) is 52.7 Å². The highest BCUT2D eigenvalue weighted by Crippen LogP contribution is 2.19. The van der Waals surface area contributed by atoms with Crippen LogP contribution in [0.1, 0.15) is 43.8 Å². The van der Waals surface area contributed by atoms with Gasteiger partial charge in [-0.05, 0) is 6.42 Å². The number of thiazole rings is 1. The number of urea groups is 1. The number of nitrogens with zero attached hydrogens (tertiary/aromatic N) is 2. The molecule has 0 spiro atoms. The fourth-order valence-corrected chi connectivity index (χ4v) is 2.77. The van der Waals surface area contributed by atoms with Crippen molar-refractivity contribution in [3.8, 4) is 0 Å². The third-order valence-corrected chi connectivity index (χ3v) is 4.48. The van der Waals surface area contributed by atoms with Gasteiger partial charge in [0.2, 0.25) is 5.91 Å². The van der Waals surface area contributed by atoms with Crippen molar-refractivity contribution < 1.29 is 24.5 Å². The zero-order valence-electron chi connectivity index (χ0n) is 14.7. The van der Waals surface area contributed by atoms with Crippen molar-refractivity contribution in [2.75, 3.05) is 13.6 Å². The van der Waals surface area contributed by atoms with Gasteiger partial charge in [-0.15, -0.1) is 11.3 Å². The number of aromatic nitrogens is 1. The average molecular weight is 372 g/mol. The van der Waals surface area contributed by atoms with Gasteiger partial charge in [0.1, 0.15) is 6.04 Å². The Labute approximate surface area is 150 Å². The molecule has 0 aliphatic heterocycles. The Balaban J connectivity index is 2.61. The van der Waals surface area contributed by atoms with E-state index < -0.39 is 18.0 Å². The molecule has 25 heavy (non-hydrogen) atoms. The molecule has 0 aliphatic rings. The predicted octanol–water partition coefficient (Wildman–Crippen LogP) is 1.32. The summed E-state index contributed by atoms with van der Waals surface area (Å²) in [5, 5.41) is 16.4. The zero-order valence-corrected chi connectivity index (χ0v) is 15.6. The molecule has 3 amide bonds. The Bertz CT molecular complexity index is 604. The molecular formula is C15H24N4O5S. The quantitative estimate of drug-likeness (QED) is 0.467. The Morgan fingerprint density at radius 3 is 2.60 bits per heavy atom. The van der Waals surface area contributed by atoms with Gasteiger partial charge in [-0.1, -0.05) is 13.8 Å². The van der Waals surface area contributed by atoms with Gasteiger partial charge >= 0.3 is 12.0 Å². The maximum Gasteiger partial charge on any atom is 0.364 e. The van der Waals surface area contributed by atoms with Gasteiger partial charge in [0.25, 0.3) is 0 Å². The molecule has 1 atom stereocenters. The minimum Gasteiger partial charge on any atom is -0.356 e. The number of hydrogen-bond donors (Lipinski definition) is 3. The van der Waals surface area contributed by atoms with Crippen LogP contribution in [0.2, 0.25) is 0 Å². The Morgan fingerprint density at radius 1 is 1.40 bits per heavy atom. The molecule has 0 saturated heterocycles. The lowest BCUT2D eigenvalue weighted by Crippen LogP contribution is -2.48. The van der Waals surface area contributed by atoms with Crippen LogP contribution in [0, 0.1) is 0 Å². The van der Waals surface area contributed by atoms with E-state index in [1.165, 1.54) is 23.2 Å². The lowest BCUT2D eigenvalue weighted by atomic mass is 10.2. The van der Waals surface area contributed by atoms with Crippen molar-refractivity contribution in [3.63, 3.8) is 0 Å². The number of hydrogen-bond acceptors (Lipinski definition) is 7. The topological polar surface area (TPSA) is 121 Å². The van der Waals surface area contributed by atoms with Crippen molar-refractivity contribution >= 4 is 29.2 Å². The summed E-state index contributed by atoms with van der Waals surface area (Å²) in [6.07, 6.45) is 0.0900. The standard InChI is InChI=1S/C15H24N4O5S/c1-9(2)13-17-11(8-25-13)7-19(4)15(22)18-12(14(21)24-23)5-6-16-10(3)20/h8-9,12,23H,5-7H2,1-4H3,(H,16,20)(H,18,22)/t12-/m0/s1. The lowest BCUT2D eigenvalue weighted by Gasteiger charge is -2.21. The molecule has 0 fully saturated rings. The van der Waals surface area contributed by atoms with Crippen LogP contribution in [0.15, 0.2) is 5.38 Å². The van der Waals surface area contributed by atoms with Crippen LogP contribution in [0.5, 0.6) is 0 Å². The largest absolute Gasteiger partial charge is 0.364 e. The molecule has 9 nitrogen and oxygen atoms in total. The second kappa shape index (κ2) is 9.94. The molecule has 0 aromatic carbocycles. The monoisotopic (exact) mass is 372 g/mol. The second-order valence-electron chi connectivity index (χ2n) is 5.87. The smallest absolute Gasteiger partial charge is 0.356 e. The maximum absolute atomic E-state index is 12.2. The summed E-state index contributed by atoms with van der Waals surface area (Å²) in [6, 6.07) is -1.59. The SMILES string of the molecule is CC(=O)NCC[C@H](NC(=O)N(C)Cc1csc(C(C)C)n1)C(=O)OO. The van der Waals surface area contributed by atoms with E-state index in [2.05, 4.69) is 20.5 Å². The Morgan fingerprint density at radius 2 is 2.08 bits per heavy atom. The van der Waals surface area contributed by atoms with E-state index in [1.807, 2.05) is 19.2 Å². The Kier molecular flexibility index (Phi) is 8.29. The highest BCUT2D eigenvalue weighted by Gasteiger charge is 2.24. The summed E-state index contributed by atoms with van der Waals surface area (Å²) in [6.45, 7) is 5.86. The van der Waals surface area contributed by atoms with Gasteiger partial charge in [-0.3, -0.25) is 9.68 Å². The zero-order chi connectivity index (χ0) is 19.0. The van der Waals surface area contributed by atoms with Gasteiger partial charge in [0.05, 0.1) is 17.2 Å². The average Bonchev–Trinajstić information content (AvgIpc) is 3.01. The van der Waals surface area contributed by atoms with Crippen molar-refractivity contribution in [2.45, 2.75) is 45.7 Å². The van der Waals surface area contributed by atoms with Crippen molar-refractivity contribution in [1.82, 2.24) is 20.5 Å². The highest BCUT2D eigenvalue weighted by molar-refractivity contribution is 7.09. The van der Waals surface area contributed by atoms with Crippen molar-refractivity contribution in [2.24, 2.45) is 0 Å². The Hall–Kier alpha value is -2.20. The first-order valence-corrected chi connectivity index (χ1v) is 8.68. The summed E-state index contributed by atoms with van der Waals surface area (Å²) < 4.78 is 0. The third kappa shape index (κ3) is 7.06. The first kappa shape index (κ1) is 20.8. The number of amides is 3. The van der Waals surface area contributed by atoms with Crippen LogP contribution >= 0.6 is 11.3 Å². The summed E-state index contributed by atoms with van der Waals surface area (Å²) in [7, 11) is 1.57. The molecule has 0 aliphatic carbocycles. The third-order valence-electron chi connectivity index (χ3n) is 3.29. The molecule has 0 unspecified atom stereocenters. The summed E-state index contributed by atoms with van der Waals surface area (Å²) in [5.41, 5.74) is 0.755. The molecule has 0 radical (unpaired) electrons. The fraction of sp³-hybridized carbons (Fsp3) is 0.600. The van der Waals surface area contributed by atoms with E-state index in [0.717, 1.165) is 10.7 Å². The van der Waals surface area contributed by atoms with Gasteiger partial charge in [-0.2, -0.15) is 5.26 Å². The number of carbonyl (C=O) groups is 3. The van der Waals surface area contributed by atoms with Crippen LogP contribution < -0.4 is 10.6 Å². The van der Waals surface area contributed by atoms with E-state index in [0.29, 0.717) is 5.92 Å². The molecule has 10 heteroatoms. The molecule has 0 bridgehead atoms. The molecule has 1 aromatic rings. The minimum absolute atomic E-state index is 0.0900. The second-order valence-corrected chi connectivity index (χ2v) is 6.76. The van der Waals surface area contributed by atoms with Crippen LogP contribution in [0.3, 0.4) is 0 Å². The van der Waals surface area contributed by atoms with Crippen LogP contribution in [0.25, 0.3) is 0 Å². The first-order valence-electron chi connectivity index (χ1n) is 7.80. The van der Waals surface area contributed by atoms with Gasteiger partial charge in [0, 0.05) is 31.8 Å². The molecular weight excluding hydrogens is 348 g/mol. The van der Waals surface area contributed by atoms with Crippen molar-refractivity contribution in [1.29, 1.82) is 0 Å². The summed E-state index contributed by atoms with van der Waals surface area (Å²) >= 11 is 1.53. The molecule has 3 N–H and O–H groups in total. The first-order chi connectivity index (χ1) is 11.7. The molecule has 1 aromatic heterocycles. The molecule has 1 rings (SSSR count). The minimum atomic E-state index is -1.08. The van der Waals surface area contributed by atoms with Gasteiger partial charge in [0.15, 0.2) is 0 Å². The van der Waals surface area contributed by atoms with Crippen molar-refractivity contribution in [3.05, 3.63) is 16.1 Å². The summed E-state index contributed by atoms with van der Waals surface area (Å²) in [5.74, 6) is -0.942. The highest BCUT2D eigenvalue weighted by atomic mass is 32.1. The van der Waals surface area contributed by atoms with Crippen LogP contribution in [0.4, 0.5) is 4.79 Å². The predicted molar refractivity (Wildman–Crippen MR) is 92.0 cm³/mol. The molecule has 140 valence electrons. The maximum atomic E-state index is 12.2. The lowest BCUT2D eigenvalue weighted by molar-refractivity contribution is -0.236. The number of rotatable bonds is 8. The number of nitrogens with one attached hydrogen (secondary N) is 2.